The summed E-state index contributed by atoms with van der Waals surface area (Å²) in [6, 6.07) is 6.25. The van der Waals surface area contributed by atoms with E-state index in [0.717, 1.165) is 25.2 Å². The molecule has 0 unspecified atom stereocenters. The second-order valence-corrected chi connectivity index (χ2v) is 6.74. The molecule has 1 aliphatic rings. The number of hydrogen-bond acceptors (Lipinski definition) is 4. The molecule has 0 radical (unpaired) electrons. The zero-order valence-electron chi connectivity index (χ0n) is 14.0. The number of aromatic nitrogens is 3. The number of aliphatic hydroxyl groups is 1. The Morgan fingerprint density at radius 2 is 2.17 bits per heavy atom. The van der Waals surface area contributed by atoms with Gasteiger partial charge in [-0.25, -0.2) is 4.98 Å². The van der Waals surface area contributed by atoms with Crippen molar-refractivity contribution < 1.29 is 5.11 Å². The average Bonchev–Trinajstić information content (AvgIpc) is 3.03. The fourth-order valence-electron chi connectivity index (χ4n) is 3.38. The molecule has 0 amide bonds. The van der Waals surface area contributed by atoms with E-state index >= 15 is 0 Å². The van der Waals surface area contributed by atoms with E-state index in [4.69, 9.17) is 0 Å². The van der Waals surface area contributed by atoms with Crippen LogP contribution in [-0.2, 0) is 6.54 Å². The smallest absolute Gasteiger partial charge is 0.137 e. The Morgan fingerprint density at radius 3 is 2.91 bits per heavy atom. The quantitative estimate of drug-likeness (QED) is 0.920. The van der Waals surface area contributed by atoms with E-state index in [9.17, 15) is 5.11 Å². The molecular weight excluding hydrogens is 288 g/mol. The number of nitrogens with zero attached hydrogens (tertiary/aromatic N) is 4. The third kappa shape index (κ3) is 4.18. The topological polar surface area (TPSA) is 54.2 Å². The minimum Gasteiger partial charge on any atom is -0.387 e. The van der Waals surface area contributed by atoms with E-state index in [1.165, 1.54) is 24.0 Å². The average molecular weight is 314 g/mol. The van der Waals surface area contributed by atoms with Gasteiger partial charge in [-0.2, -0.15) is 5.10 Å². The summed E-state index contributed by atoms with van der Waals surface area (Å²) < 4.78 is 1.91. The Kier molecular flexibility index (Phi) is 5.08. The van der Waals surface area contributed by atoms with Crippen LogP contribution in [0.25, 0.3) is 0 Å². The van der Waals surface area contributed by atoms with Gasteiger partial charge in [-0.1, -0.05) is 18.2 Å². The molecule has 2 aromatic rings. The number of rotatable bonds is 5. The number of likely N-dealkylation sites (tertiary alicyclic amines) is 1. The van der Waals surface area contributed by atoms with Crippen molar-refractivity contribution in [3.05, 3.63) is 47.5 Å². The van der Waals surface area contributed by atoms with Gasteiger partial charge in [-0.05, 0) is 55.8 Å². The zero-order valence-corrected chi connectivity index (χ0v) is 14.0. The first-order valence-corrected chi connectivity index (χ1v) is 8.42. The number of piperidine rings is 1. The van der Waals surface area contributed by atoms with Crippen molar-refractivity contribution >= 4 is 0 Å². The van der Waals surface area contributed by atoms with E-state index in [1.54, 1.807) is 12.7 Å². The van der Waals surface area contributed by atoms with Crippen LogP contribution in [0.2, 0.25) is 0 Å². The molecule has 0 saturated carbocycles. The minimum absolute atomic E-state index is 0.417. The maximum Gasteiger partial charge on any atom is 0.137 e. The van der Waals surface area contributed by atoms with E-state index in [2.05, 4.69) is 41.0 Å². The maximum atomic E-state index is 10.6. The lowest BCUT2D eigenvalue weighted by Gasteiger charge is -2.34. The molecule has 1 fully saturated rings. The third-order valence-electron chi connectivity index (χ3n) is 4.86. The molecule has 1 aliphatic heterocycles. The zero-order chi connectivity index (χ0) is 16.2. The highest BCUT2D eigenvalue weighted by molar-refractivity contribution is 5.31. The summed E-state index contributed by atoms with van der Waals surface area (Å²) in [7, 11) is 0. The van der Waals surface area contributed by atoms with Gasteiger partial charge < -0.3 is 10.0 Å². The minimum atomic E-state index is -0.417. The number of aryl methyl sites for hydroxylation is 2. The number of benzene rings is 1. The monoisotopic (exact) mass is 314 g/mol. The summed E-state index contributed by atoms with van der Waals surface area (Å²) in [5.41, 5.74) is 3.53. The van der Waals surface area contributed by atoms with Gasteiger partial charge in [0.25, 0.3) is 0 Å². The Bertz CT molecular complexity index is 626. The highest BCUT2D eigenvalue weighted by Gasteiger charge is 2.23. The molecule has 5 heteroatoms. The molecule has 23 heavy (non-hydrogen) atoms. The molecule has 1 aromatic heterocycles. The lowest BCUT2D eigenvalue weighted by molar-refractivity contribution is 0.0799. The molecule has 0 aliphatic carbocycles. The second-order valence-electron chi connectivity index (χ2n) is 6.74. The first-order chi connectivity index (χ1) is 11.1. The molecule has 1 aromatic carbocycles. The van der Waals surface area contributed by atoms with Crippen molar-refractivity contribution in [1.29, 1.82) is 0 Å². The number of β-amino-alcohol motifs (C(OH)–C–C–N with tert-alkyl or cyclic N) is 1. The summed E-state index contributed by atoms with van der Waals surface area (Å²) in [5, 5.41) is 14.8. The van der Waals surface area contributed by atoms with Gasteiger partial charge in [0.1, 0.15) is 12.7 Å². The fraction of sp³-hybridized carbons (Fsp3) is 0.556. The van der Waals surface area contributed by atoms with Gasteiger partial charge in [0.05, 0.1) is 6.10 Å². The number of hydrogen-bond donors (Lipinski definition) is 1. The van der Waals surface area contributed by atoms with Crippen molar-refractivity contribution in [2.24, 2.45) is 5.92 Å². The van der Waals surface area contributed by atoms with Crippen LogP contribution >= 0.6 is 0 Å². The highest BCUT2D eigenvalue weighted by Crippen LogP contribution is 2.22. The van der Waals surface area contributed by atoms with Crippen molar-refractivity contribution in [2.75, 3.05) is 19.6 Å². The fourth-order valence-corrected chi connectivity index (χ4v) is 3.38. The summed E-state index contributed by atoms with van der Waals surface area (Å²) in [4.78, 5) is 6.39. The SMILES string of the molecule is Cc1ccc([C@@H](O)CN2CCC[C@@H](Cn3cncn3)C2)cc1C. The summed E-state index contributed by atoms with van der Waals surface area (Å²) in [6.07, 6.45) is 5.35. The maximum absolute atomic E-state index is 10.6. The molecule has 0 spiro atoms. The van der Waals surface area contributed by atoms with E-state index in [1.807, 2.05) is 10.7 Å². The lowest BCUT2D eigenvalue weighted by atomic mass is 9.96. The van der Waals surface area contributed by atoms with Crippen LogP contribution in [-0.4, -0.2) is 44.4 Å². The van der Waals surface area contributed by atoms with Crippen LogP contribution in [0, 0.1) is 19.8 Å². The Morgan fingerprint density at radius 1 is 1.30 bits per heavy atom. The highest BCUT2D eigenvalue weighted by atomic mass is 16.3. The molecule has 124 valence electrons. The molecule has 5 nitrogen and oxygen atoms in total. The normalized spacial score (nSPS) is 20.6. The van der Waals surface area contributed by atoms with Crippen molar-refractivity contribution in [2.45, 2.75) is 39.3 Å². The largest absolute Gasteiger partial charge is 0.387 e. The summed E-state index contributed by atoms with van der Waals surface area (Å²) in [6.45, 7) is 7.90. The summed E-state index contributed by atoms with van der Waals surface area (Å²) >= 11 is 0. The van der Waals surface area contributed by atoms with E-state index < -0.39 is 6.10 Å². The van der Waals surface area contributed by atoms with Crippen LogP contribution < -0.4 is 0 Å². The Balaban J connectivity index is 1.57. The van der Waals surface area contributed by atoms with Crippen LogP contribution in [0.3, 0.4) is 0 Å². The van der Waals surface area contributed by atoms with Gasteiger partial charge in [0, 0.05) is 19.6 Å². The molecule has 3 rings (SSSR count). The molecule has 2 atom stereocenters. The Hall–Kier alpha value is -1.72. The predicted octanol–water partition coefficient (Wildman–Crippen LogP) is 2.34. The molecular formula is C18H26N4O. The molecule has 0 bridgehead atoms. The second kappa shape index (κ2) is 7.23. The molecule has 1 saturated heterocycles. The first kappa shape index (κ1) is 16.1. The molecule has 1 N–H and O–H groups in total. The summed E-state index contributed by atoms with van der Waals surface area (Å²) in [5.74, 6) is 0.581. The van der Waals surface area contributed by atoms with Gasteiger partial charge in [0.2, 0.25) is 0 Å². The van der Waals surface area contributed by atoms with Crippen LogP contribution in [0.15, 0.2) is 30.9 Å². The van der Waals surface area contributed by atoms with E-state index in [-0.39, 0.29) is 0 Å². The molecule has 2 heterocycles. The lowest BCUT2D eigenvalue weighted by Crippen LogP contribution is -2.39. The van der Waals surface area contributed by atoms with Crippen LogP contribution in [0.1, 0.15) is 35.6 Å². The van der Waals surface area contributed by atoms with Crippen LogP contribution in [0.4, 0.5) is 0 Å². The first-order valence-electron chi connectivity index (χ1n) is 8.42. The van der Waals surface area contributed by atoms with Crippen molar-refractivity contribution in [3.63, 3.8) is 0 Å². The predicted molar refractivity (Wildman–Crippen MR) is 90.1 cm³/mol. The van der Waals surface area contributed by atoms with Crippen LogP contribution in [0.5, 0.6) is 0 Å². The van der Waals surface area contributed by atoms with Gasteiger partial charge in [-0.15, -0.1) is 0 Å². The van der Waals surface area contributed by atoms with E-state index in [0.29, 0.717) is 12.5 Å². The van der Waals surface area contributed by atoms with Gasteiger partial charge in [0.15, 0.2) is 0 Å². The Labute approximate surface area is 138 Å². The van der Waals surface area contributed by atoms with Gasteiger partial charge in [-0.3, -0.25) is 4.68 Å². The third-order valence-corrected chi connectivity index (χ3v) is 4.86. The van der Waals surface area contributed by atoms with Crippen molar-refractivity contribution in [3.8, 4) is 0 Å². The van der Waals surface area contributed by atoms with Crippen molar-refractivity contribution in [1.82, 2.24) is 19.7 Å². The number of aliphatic hydroxyl groups excluding tert-OH is 1. The standard InChI is InChI=1S/C18H26N4O/c1-14-5-6-17(8-15(14)2)18(23)11-21-7-3-4-16(9-21)10-22-13-19-12-20-22/h5-6,8,12-13,16,18,23H,3-4,7,9-11H2,1-2H3/t16-,18+/m1/s1. The van der Waals surface area contributed by atoms with Gasteiger partial charge >= 0.3 is 0 Å².